The third-order valence-electron chi connectivity index (χ3n) is 5.67. The monoisotopic (exact) mass is 407 g/mol. The van der Waals surface area contributed by atoms with Crippen LogP contribution in [0, 0.1) is 0 Å². The molecule has 1 N–H and O–H groups in total. The lowest BCUT2D eigenvalue weighted by molar-refractivity contribution is 0.225. The molecule has 7 heteroatoms. The zero-order valence-corrected chi connectivity index (χ0v) is 17.8. The lowest BCUT2D eigenvalue weighted by Crippen LogP contribution is -2.43. The van der Waals surface area contributed by atoms with Gasteiger partial charge < -0.3 is 15.0 Å². The maximum Gasteiger partial charge on any atom is 0.267 e. The topological polar surface area (TPSA) is 72.3 Å². The Morgan fingerprint density at radius 3 is 2.63 bits per heavy atom. The number of nitrogens with one attached hydrogen (secondary N) is 1. The molecule has 4 rings (SSSR count). The van der Waals surface area contributed by atoms with Crippen LogP contribution in [0.15, 0.2) is 47.4 Å². The first kappa shape index (κ1) is 20.5. The van der Waals surface area contributed by atoms with Crippen molar-refractivity contribution in [3.63, 3.8) is 0 Å². The standard InChI is InChI=1S/C23H29N5O2/c1-4-30-19-9-7-18(8-10-19)28-22(16(2)25-17-11-14-27(3)15-12-17)26-21-20(23(28)29)6-5-13-24-21/h5-10,13,16-17,25H,4,11-12,14-15H2,1-3H3. The number of hydrogen-bond donors (Lipinski definition) is 1. The average molecular weight is 408 g/mol. The van der Waals surface area contributed by atoms with Crippen molar-refractivity contribution in [3.05, 3.63) is 58.8 Å². The Bertz CT molecular complexity index is 1060. The molecule has 0 radical (unpaired) electrons. The zero-order chi connectivity index (χ0) is 21.1. The Morgan fingerprint density at radius 2 is 1.93 bits per heavy atom. The van der Waals surface area contributed by atoms with E-state index in [1.54, 1.807) is 22.9 Å². The summed E-state index contributed by atoms with van der Waals surface area (Å²) >= 11 is 0. The van der Waals surface area contributed by atoms with Crippen molar-refractivity contribution in [2.75, 3.05) is 26.7 Å². The Hall–Kier alpha value is -2.77. The third kappa shape index (κ3) is 4.22. The fraction of sp³-hybridized carbons (Fsp3) is 0.435. The lowest BCUT2D eigenvalue weighted by atomic mass is 10.0. The molecule has 0 saturated carbocycles. The number of fused-ring (bicyclic) bond motifs is 1. The van der Waals surface area contributed by atoms with Crippen molar-refractivity contribution in [1.29, 1.82) is 0 Å². The number of ether oxygens (including phenoxy) is 1. The summed E-state index contributed by atoms with van der Waals surface area (Å²) < 4.78 is 7.26. The molecule has 0 aliphatic carbocycles. The van der Waals surface area contributed by atoms with Crippen LogP contribution in [0.5, 0.6) is 5.75 Å². The summed E-state index contributed by atoms with van der Waals surface area (Å²) in [4.78, 5) is 24.9. The van der Waals surface area contributed by atoms with E-state index in [9.17, 15) is 4.79 Å². The van der Waals surface area contributed by atoms with Gasteiger partial charge in [-0.15, -0.1) is 0 Å². The molecule has 30 heavy (non-hydrogen) atoms. The normalized spacial score (nSPS) is 16.6. The van der Waals surface area contributed by atoms with E-state index in [2.05, 4.69) is 29.2 Å². The second-order valence-corrected chi connectivity index (χ2v) is 7.88. The number of hydrogen-bond acceptors (Lipinski definition) is 6. The van der Waals surface area contributed by atoms with Crippen molar-refractivity contribution < 1.29 is 4.74 Å². The SMILES string of the molecule is CCOc1ccc(-n2c(C(C)NC3CCN(C)CC3)nc3ncccc3c2=O)cc1. The van der Waals surface area contributed by atoms with Crippen LogP contribution in [0.4, 0.5) is 0 Å². The summed E-state index contributed by atoms with van der Waals surface area (Å²) in [5.74, 6) is 1.46. The van der Waals surface area contributed by atoms with Gasteiger partial charge in [0.1, 0.15) is 11.6 Å². The first-order valence-corrected chi connectivity index (χ1v) is 10.6. The molecule has 7 nitrogen and oxygen atoms in total. The molecule has 0 bridgehead atoms. The maximum absolute atomic E-state index is 13.4. The number of aromatic nitrogens is 3. The molecule has 1 saturated heterocycles. The first-order valence-electron chi connectivity index (χ1n) is 10.6. The van der Waals surface area contributed by atoms with Crippen LogP contribution in [0.1, 0.15) is 38.6 Å². The van der Waals surface area contributed by atoms with Crippen LogP contribution >= 0.6 is 0 Å². The van der Waals surface area contributed by atoms with Gasteiger partial charge in [-0.3, -0.25) is 9.36 Å². The molecule has 0 amide bonds. The number of benzene rings is 1. The smallest absolute Gasteiger partial charge is 0.267 e. The zero-order valence-electron chi connectivity index (χ0n) is 17.8. The van der Waals surface area contributed by atoms with Gasteiger partial charge in [0.2, 0.25) is 0 Å². The van der Waals surface area contributed by atoms with E-state index in [0.29, 0.717) is 29.5 Å². The van der Waals surface area contributed by atoms with Crippen molar-refractivity contribution in [2.24, 2.45) is 0 Å². The third-order valence-corrected chi connectivity index (χ3v) is 5.67. The summed E-state index contributed by atoms with van der Waals surface area (Å²) in [7, 11) is 2.15. The number of likely N-dealkylation sites (tertiary alicyclic amines) is 1. The molecule has 0 spiro atoms. The van der Waals surface area contributed by atoms with Gasteiger partial charge in [-0.1, -0.05) is 0 Å². The van der Waals surface area contributed by atoms with Gasteiger partial charge in [0, 0.05) is 12.2 Å². The van der Waals surface area contributed by atoms with Crippen molar-refractivity contribution in [1.82, 2.24) is 24.8 Å². The minimum absolute atomic E-state index is 0.0934. The second-order valence-electron chi connectivity index (χ2n) is 7.88. The quantitative estimate of drug-likeness (QED) is 0.677. The molecule has 1 aliphatic rings. The predicted molar refractivity (Wildman–Crippen MR) is 118 cm³/mol. The van der Waals surface area contributed by atoms with Gasteiger partial charge in [0.25, 0.3) is 5.56 Å². The van der Waals surface area contributed by atoms with E-state index in [1.165, 1.54) is 0 Å². The van der Waals surface area contributed by atoms with E-state index in [1.807, 2.05) is 31.2 Å². The molecule has 3 heterocycles. The van der Waals surface area contributed by atoms with Crippen LogP contribution in [0.25, 0.3) is 16.7 Å². The Morgan fingerprint density at radius 1 is 1.20 bits per heavy atom. The highest BCUT2D eigenvalue weighted by Crippen LogP contribution is 2.21. The lowest BCUT2D eigenvalue weighted by Gasteiger charge is -2.32. The number of nitrogens with zero attached hydrogens (tertiary/aromatic N) is 4. The largest absolute Gasteiger partial charge is 0.494 e. The summed E-state index contributed by atoms with van der Waals surface area (Å²) in [5, 5.41) is 4.20. The summed E-state index contributed by atoms with van der Waals surface area (Å²) in [6.45, 7) is 6.77. The molecule has 1 aliphatic heterocycles. The van der Waals surface area contributed by atoms with Crippen molar-refractivity contribution in [2.45, 2.75) is 38.8 Å². The Balaban J connectivity index is 1.75. The minimum Gasteiger partial charge on any atom is -0.494 e. The maximum atomic E-state index is 13.4. The molecular formula is C23H29N5O2. The van der Waals surface area contributed by atoms with Crippen molar-refractivity contribution >= 4 is 11.0 Å². The van der Waals surface area contributed by atoms with Gasteiger partial charge in [-0.25, -0.2) is 9.97 Å². The van der Waals surface area contributed by atoms with E-state index in [4.69, 9.17) is 9.72 Å². The second kappa shape index (κ2) is 8.93. The molecule has 2 aromatic heterocycles. The summed E-state index contributed by atoms with van der Waals surface area (Å²) in [5.41, 5.74) is 1.15. The van der Waals surface area contributed by atoms with E-state index in [0.717, 1.165) is 37.4 Å². The molecule has 1 unspecified atom stereocenters. The Labute approximate surface area is 176 Å². The van der Waals surface area contributed by atoms with Gasteiger partial charge in [-0.05, 0) is 83.2 Å². The van der Waals surface area contributed by atoms with Crippen LogP contribution < -0.4 is 15.6 Å². The molecular weight excluding hydrogens is 378 g/mol. The number of piperidine rings is 1. The fourth-order valence-corrected chi connectivity index (χ4v) is 4.04. The molecule has 1 aromatic carbocycles. The van der Waals surface area contributed by atoms with Gasteiger partial charge >= 0.3 is 0 Å². The van der Waals surface area contributed by atoms with Crippen LogP contribution in [0.3, 0.4) is 0 Å². The predicted octanol–water partition coefficient (Wildman–Crippen LogP) is 2.92. The summed E-state index contributed by atoms with van der Waals surface area (Å²) in [6.07, 6.45) is 3.84. The van der Waals surface area contributed by atoms with Crippen LogP contribution in [0.2, 0.25) is 0 Å². The highest BCUT2D eigenvalue weighted by molar-refractivity contribution is 5.73. The average Bonchev–Trinajstić information content (AvgIpc) is 2.76. The van der Waals surface area contributed by atoms with E-state index in [-0.39, 0.29) is 11.6 Å². The Kier molecular flexibility index (Phi) is 6.11. The molecule has 3 aromatic rings. The highest BCUT2D eigenvalue weighted by Gasteiger charge is 2.23. The van der Waals surface area contributed by atoms with Crippen LogP contribution in [-0.4, -0.2) is 52.2 Å². The van der Waals surface area contributed by atoms with Crippen LogP contribution in [-0.2, 0) is 0 Å². The van der Waals surface area contributed by atoms with Gasteiger partial charge in [-0.2, -0.15) is 0 Å². The molecule has 1 fully saturated rings. The number of pyridine rings is 1. The molecule has 1 atom stereocenters. The fourth-order valence-electron chi connectivity index (χ4n) is 4.04. The first-order chi connectivity index (χ1) is 14.6. The minimum atomic E-state index is -0.107. The molecule has 158 valence electrons. The van der Waals surface area contributed by atoms with Gasteiger partial charge in [0.15, 0.2) is 5.65 Å². The van der Waals surface area contributed by atoms with E-state index >= 15 is 0 Å². The van der Waals surface area contributed by atoms with Crippen molar-refractivity contribution in [3.8, 4) is 11.4 Å². The van der Waals surface area contributed by atoms with E-state index < -0.39 is 0 Å². The van der Waals surface area contributed by atoms with Gasteiger partial charge in [0.05, 0.1) is 23.7 Å². The highest BCUT2D eigenvalue weighted by atomic mass is 16.5. The summed E-state index contributed by atoms with van der Waals surface area (Å²) in [6, 6.07) is 11.4. The number of rotatable bonds is 6.